The summed E-state index contributed by atoms with van der Waals surface area (Å²) in [5.74, 6) is 1.65. The summed E-state index contributed by atoms with van der Waals surface area (Å²) in [6.45, 7) is 9.62. The standard InChI is InChI=1S/C19H37N5O.HI/c1-14(2)24-11-15(3)16(12-24)22-18(20-4)21-13-19(9-7-8-10-19)17(25)23(5)6;/h14-16H,7-13H2,1-6H3,(H2,20,21,22);1H. The van der Waals surface area contributed by atoms with E-state index in [1.54, 1.807) is 4.90 Å². The fraction of sp³-hybridized carbons (Fsp3) is 0.895. The lowest BCUT2D eigenvalue weighted by molar-refractivity contribution is -0.138. The molecule has 2 rings (SSSR count). The molecule has 7 heteroatoms. The number of carbonyl (C=O) groups is 1. The van der Waals surface area contributed by atoms with Gasteiger partial charge in [-0.15, -0.1) is 24.0 Å². The van der Waals surface area contributed by atoms with Crippen LogP contribution in [0.4, 0.5) is 0 Å². The number of halogens is 1. The zero-order valence-electron chi connectivity index (χ0n) is 17.3. The summed E-state index contributed by atoms with van der Waals surface area (Å²) in [5.41, 5.74) is -0.271. The Labute approximate surface area is 176 Å². The van der Waals surface area contributed by atoms with Gasteiger partial charge in [0.15, 0.2) is 5.96 Å². The Hall–Kier alpha value is -0.570. The largest absolute Gasteiger partial charge is 0.355 e. The van der Waals surface area contributed by atoms with Gasteiger partial charge in [-0.1, -0.05) is 19.8 Å². The minimum absolute atomic E-state index is 0. The molecule has 1 saturated carbocycles. The smallest absolute Gasteiger partial charge is 0.230 e. The molecule has 0 radical (unpaired) electrons. The predicted octanol–water partition coefficient (Wildman–Crippen LogP) is 2.15. The minimum Gasteiger partial charge on any atom is -0.355 e. The number of amides is 1. The number of aliphatic imine (C=N–C) groups is 1. The van der Waals surface area contributed by atoms with Crippen LogP contribution in [0.5, 0.6) is 0 Å². The second-order valence-corrected chi connectivity index (χ2v) is 8.39. The van der Waals surface area contributed by atoms with E-state index in [0.29, 0.717) is 24.5 Å². The van der Waals surface area contributed by atoms with Crippen molar-refractivity contribution in [3.8, 4) is 0 Å². The highest BCUT2D eigenvalue weighted by Gasteiger charge is 2.42. The van der Waals surface area contributed by atoms with Gasteiger partial charge in [0.2, 0.25) is 5.91 Å². The van der Waals surface area contributed by atoms with Crippen LogP contribution in [0.25, 0.3) is 0 Å². The lowest BCUT2D eigenvalue weighted by Crippen LogP contribution is -2.52. The van der Waals surface area contributed by atoms with Gasteiger partial charge in [-0.25, -0.2) is 0 Å². The van der Waals surface area contributed by atoms with Gasteiger partial charge in [-0.05, 0) is 32.6 Å². The molecular formula is C19H38IN5O. The third-order valence-corrected chi connectivity index (χ3v) is 5.93. The van der Waals surface area contributed by atoms with Crippen LogP contribution in [-0.2, 0) is 4.79 Å². The van der Waals surface area contributed by atoms with E-state index in [-0.39, 0.29) is 35.3 Å². The van der Waals surface area contributed by atoms with Crippen molar-refractivity contribution < 1.29 is 4.79 Å². The molecule has 1 amide bonds. The summed E-state index contributed by atoms with van der Waals surface area (Å²) in [5, 5.41) is 7.03. The molecule has 152 valence electrons. The summed E-state index contributed by atoms with van der Waals surface area (Å²) in [6, 6.07) is 0.973. The first-order valence-corrected chi connectivity index (χ1v) is 9.72. The molecule has 1 aliphatic carbocycles. The molecule has 6 nitrogen and oxygen atoms in total. The summed E-state index contributed by atoms with van der Waals surface area (Å²) in [6.07, 6.45) is 4.20. The molecule has 1 heterocycles. The monoisotopic (exact) mass is 479 g/mol. The van der Waals surface area contributed by atoms with Gasteiger partial charge >= 0.3 is 0 Å². The zero-order chi connectivity index (χ0) is 18.6. The fourth-order valence-electron chi connectivity index (χ4n) is 4.23. The van der Waals surface area contributed by atoms with Gasteiger partial charge in [-0.2, -0.15) is 0 Å². The normalized spacial score (nSPS) is 25.9. The molecule has 0 aromatic rings. The van der Waals surface area contributed by atoms with Crippen molar-refractivity contribution in [2.45, 2.75) is 58.5 Å². The van der Waals surface area contributed by atoms with Gasteiger partial charge in [0.1, 0.15) is 0 Å². The number of nitrogens with zero attached hydrogens (tertiary/aromatic N) is 3. The number of guanidine groups is 1. The topological polar surface area (TPSA) is 60.0 Å². The first-order chi connectivity index (χ1) is 11.8. The Kier molecular flexibility index (Phi) is 9.12. The van der Waals surface area contributed by atoms with Crippen molar-refractivity contribution in [1.82, 2.24) is 20.4 Å². The van der Waals surface area contributed by atoms with E-state index in [2.05, 4.69) is 41.3 Å². The summed E-state index contributed by atoms with van der Waals surface area (Å²) >= 11 is 0. The van der Waals surface area contributed by atoms with E-state index >= 15 is 0 Å². The highest BCUT2D eigenvalue weighted by molar-refractivity contribution is 14.0. The maximum Gasteiger partial charge on any atom is 0.230 e. The maximum atomic E-state index is 12.7. The Balaban J connectivity index is 0.00000338. The van der Waals surface area contributed by atoms with E-state index in [1.165, 1.54) is 0 Å². The molecule has 2 atom stereocenters. The van der Waals surface area contributed by atoms with Gasteiger partial charge in [0, 0.05) is 52.9 Å². The van der Waals surface area contributed by atoms with Gasteiger partial charge in [-0.3, -0.25) is 14.7 Å². The lowest BCUT2D eigenvalue weighted by Gasteiger charge is -2.32. The summed E-state index contributed by atoms with van der Waals surface area (Å²) in [4.78, 5) is 21.3. The van der Waals surface area contributed by atoms with Crippen LogP contribution in [0.3, 0.4) is 0 Å². The fourth-order valence-corrected chi connectivity index (χ4v) is 4.23. The molecule has 2 N–H and O–H groups in total. The highest BCUT2D eigenvalue weighted by atomic mass is 127. The summed E-state index contributed by atoms with van der Waals surface area (Å²) < 4.78 is 0. The van der Waals surface area contributed by atoms with Crippen molar-refractivity contribution in [3.05, 3.63) is 0 Å². The molecule has 0 spiro atoms. The molecular weight excluding hydrogens is 441 g/mol. The molecule has 1 saturated heterocycles. The molecule has 2 aliphatic rings. The van der Waals surface area contributed by atoms with Crippen molar-refractivity contribution in [2.24, 2.45) is 16.3 Å². The van der Waals surface area contributed by atoms with E-state index in [1.807, 2.05) is 21.1 Å². The van der Waals surface area contributed by atoms with Crippen LogP contribution in [-0.4, -0.2) is 74.5 Å². The highest BCUT2D eigenvalue weighted by Crippen LogP contribution is 2.38. The minimum atomic E-state index is -0.271. The van der Waals surface area contributed by atoms with E-state index in [4.69, 9.17) is 0 Å². The van der Waals surface area contributed by atoms with Crippen LogP contribution in [0.15, 0.2) is 4.99 Å². The van der Waals surface area contributed by atoms with Crippen LogP contribution in [0, 0.1) is 11.3 Å². The number of rotatable bonds is 5. The number of likely N-dealkylation sites (tertiary alicyclic amines) is 1. The molecule has 26 heavy (non-hydrogen) atoms. The lowest BCUT2D eigenvalue weighted by atomic mass is 9.84. The maximum absolute atomic E-state index is 12.7. The molecule has 0 aromatic heterocycles. The number of carbonyl (C=O) groups excluding carboxylic acids is 1. The molecule has 0 bridgehead atoms. The number of hydrogen-bond acceptors (Lipinski definition) is 3. The van der Waals surface area contributed by atoms with Gasteiger partial charge in [0.25, 0.3) is 0 Å². The number of nitrogens with one attached hydrogen (secondary N) is 2. The predicted molar refractivity (Wildman–Crippen MR) is 119 cm³/mol. The molecule has 2 fully saturated rings. The average Bonchev–Trinajstić information content (AvgIpc) is 3.18. The van der Waals surface area contributed by atoms with Gasteiger partial charge < -0.3 is 15.5 Å². The molecule has 0 aromatic carbocycles. The van der Waals surface area contributed by atoms with Crippen LogP contribution < -0.4 is 10.6 Å². The summed E-state index contributed by atoms with van der Waals surface area (Å²) in [7, 11) is 5.52. The van der Waals surface area contributed by atoms with Crippen molar-refractivity contribution in [1.29, 1.82) is 0 Å². The van der Waals surface area contributed by atoms with E-state index in [9.17, 15) is 4.79 Å². The Bertz CT molecular complexity index is 488. The first kappa shape index (κ1) is 23.5. The van der Waals surface area contributed by atoms with Crippen LogP contribution in [0.2, 0.25) is 0 Å². The van der Waals surface area contributed by atoms with Crippen LogP contribution in [0.1, 0.15) is 46.5 Å². The third-order valence-electron chi connectivity index (χ3n) is 5.93. The number of hydrogen-bond donors (Lipinski definition) is 2. The molecule has 2 unspecified atom stereocenters. The Morgan fingerprint density at radius 1 is 1.27 bits per heavy atom. The van der Waals surface area contributed by atoms with E-state index in [0.717, 1.165) is 44.7 Å². The van der Waals surface area contributed by atoms with Crippen molar-refractivity contribution >= 4 is 35.8 Å². The van der Waals surface area contributed by atoms with E-state index < -0.39 is 0 Å². The second-order valence-electron chi connectivity index (χ2n) is 8.39. The Morgan fingerprint density at radius 3 is 2.35 bits per heavy atom. The Morgan fingerprint density at radius 2 is 1.88 bits per heavy atom. The second kappa shape index (κ2) is 10.1. The van der Waals surface area contributed by atoms with Crippen molar-refractivity contribution in [2.75, 3.05) is 40.8 Å². The third kappa shape index (κ3) is 5.47. The molecule has 1 aliphatic heterocycles. The van der Waals surface area contributed by atoms with Gasteiger partial charge in [0.05, 0.1) is 5.41 Å². The SMILES string of the molecule is CN=C(NCC1(C(=O)N(C)C)CCCC1)NC1CN(C(C)C)CC1C.I. The first-order valence-electron chi connectivity index (χ1n) is 9.72. The van der Waals surface area contributed by atoms with Crippen LogP contribution >= 0.6 is 24.0 Å². The zero-order valence-corrected chi connectivity index (χ0v) is 19.7. The average molecular weight is 479 g/mol. The van der Waals surface area contributed by atoms with Crippen molar-refractivity contribution in [3.63, 3.8) is 0 Å². The quantitative estimate of drug-likeness (QED) is 0.361.